The Hall–Kier alpha value is -4.43. The van der Waals surface area contributed by atoms with Gasteiger partial charge in [-0.1, -0.05) is 30.3 Å². The molecule has 8 heteroatoms. The molecule has 0 atom stereocenters. The number of piperidine rings is 1. The Bertz CT molecular complexity index is 1200. The first-order valence-electron chi connectivity index (χ1n) is 10.6. The minimum absolute atomic E-state index is 0.0124. The largest absolute Gasteiger partial charge is 0.290 e. The van der Waals surface area contributed by atoms with Crippen molar-refractivity contribution in [3.63, 3.8) is 0 Å². The van der Waals surface area contributed by atoms with Crippen molar-refractivity contribution in [1.29, 1.82) is 0 Å². The van der Waals surface area contributed by atoms with Gasteiger partial charge in [-0.25, -0.2) is 0 Å². The van der Waals surface area contributed by atoms with Crippen LogP contribution in [-0.4, -0.2) is 33.6 Å². The fourth-order valence-corrected chi connectivity index (χ4v) is 3.85. The summed E-state index contributed by atoms with van der Waals surface area (Å²) in [7, 11) is 0. The standard InChI is InChI=1S/C26H21N3O5/c30-26-22(14-19-6-10-24(11-7-19)28(31)32)17-27(16-21-4-2-1-3-5-21)18-23(26)15-20-8-12-25(13-9-20)29(33)34/h1-15H,16-18H2/b22-14-,23-15+. The zero-order valence-corrected chi connectivity index (χ0v) is 18.2. The molecule has 4 rings (SSSR count). The van der Waals surface area contributed by atoms with E-state index in [1.54, 1.807) is 36.4 Å². The molecular weight excluding hydrogens is 434 g/mol. The Labute approximate surface area is 195 Å². The van der Waals surface area contributed by atoms with Gasteiger partial charge in [-0.15, -0.1) is 0 Å². The molecule has 0 unspecified atom stereocenters. The Kier molecular flexibility index (Phi) is 6.70. The number of ketones is 1. The number of hydrogen-bond acceptors (Lipinski definition) is 6. The second-order valence-corrected chi connectivity index (χ2v) is 8.00. The number of likely N-dealkylation sites (tertiary alicyclic amines) is 1. The van der Waals surface area contributed by atoms with E-state index in [-0.39, 0.29) is 17.2 Å². The van der Waals surface area contributed by atoms with Gasteiger partial charge < -0.3 is 0 Å². The molecule has 170 valence electrons. The predicted molar refractivity (Wildman–Crippen MR) is 129 cm³/mol. The van der Waals surface area contributed by atoms with E-state index in [0.717, 1.165) is 5.56 Å². The van der Waals surface area contributed by atoms with Crippen molar-refractivity contribution in [2.75, 3.05) is 13.1 Å². The summed E-state index contributed by atoms with van der Waals surface area (Å²) in [5.74, 6) is -0.110. The SMILES string of the molecule is O=C1/C(=C\c2ccc([N+](=O)[O-])cc2)CN(Cc2ccccc2)C/C1=C\c1ccc([N+](=O)[O-])cc1. The summed E-state index contributed by atoms with van der Waals surface area (Å²) in [6.07, 6.45) is 3.51. The fraction of sp³-hybridized carbons (Fsp3) is 0.115. The highest BCUT2D eigenvalue weighted by atomic mass is 16.6. The molecule has 34 heavy (non-hydrogen) atoms. The van der Waals surface area contributed by atoms with Crippen LogP contribution in [0.15, 0.2) is 90.0 Å². The van der Waals surface area contributed by atoms with E-state index in [1.807, 2.05) is 30.3 Å². The number of nitro groups is 2. The Morgan fingerprint density at radius 1 is 0.706 bits per heavy atom. The van der Waals surface area contributed by atoms with E-state index >= 15 is 0 Å². The number of carbonyl (C=O) groups is 1. The fourth-order valence-electron chi connectivity index (χ4n) is 3.85. The number of carbonyl (C=O) groups excluding carboxylic acids is 1. The number of Topliss-reactive ketones (excluding diaryl/α,β-unsaturated/α-hetero) is 1. The van der Waals surface area contributed by atoms with Crippen molar-refractivity contribution >= 4 is 29.3 Å². The molecule has 0 aliphatic carbocycles. The maximum atomic E-state index is 13.3. The van der Waals surface area contributed by atoms with Gasteiger partial charge in [0.25, 0.3) is 11.4 Å². The van der Waals surface area contributed by atoms with Crippen LogP contribution in [0.1, 0.15) is 16.7 Å². The molecule has 1 heterocycles. The lowest BCUT2D eigenvalue weighted by atomic mass is 9.93. The molecule has 3 aromatic carbocycles. The normalized spacial score (nSPS) is 16.6. The predicted octanol–water partition coefficient (Wildman–Crippen LogP) is 5.05. The highest BCUT2D eigenvalue weighted by Gasteiger charge is 2.26. The summed E-state index contributed by atoms with van der Waals surface area (Å²) in [6, 6.07) is 22.0. The molecule has 0 bridgehead atoms. The summed E-state index contributed by atoms with van der Waals surface area (Å²) in [5.41, 5.74) is 3.63. The summed E-state index contributed by atoms with van der Waals surface area (Å²) in [4.78, 5) is 36.4. The van der Waals surface area contributed by atoms with Gasteiger partial charge in [-0.3, -0.25) is 29.9 Å². The number of hydrogen-bond donors (Lipinski definition) is 0. The van der Waals surface area contributed by atoms with Gasteiger partial charge in [0.05, 0.1) is 9.85 Å². The summed E-state index contributed by atoms with van der Waals surface area (Å²) in [5, 5.41) is 21.9. The second kappa shape index (κ2) is 10.0. The number of non-ortho nitro benzene ring substituents is 2. The van der Waals surface area contributed by atoms with Crippen LogP contribution in [0.3, 0.4) is 0 Å². The topological polar surface area (TPSA) is 107 Å². The van der Waals surface area contributed by atoms with Crippen LogP contribution in [-0.2, 0) is 11.3 Å². The first kappa shape index (κ1) is 22.8. The van der Waals surface area contributed by atoms with E-state index in [9.17, 15) is 25.0 Å². The van der Waals surface area contributed by atoms with Crippen molar-refractivity contribution < 1.29 is 14.6 Å². The smallest absolute Gasteiger partial charge is 0.269 e. The number of benzene rings is 3. The van der Waals surface area contributed by atoms with E-state index in [0.29, 0.717) is 41.9 Å². The quantitative estimate of drug-likeness (QED) is 0.292. The van der Waals surface area contributed by atoms with Crippen LogP contribution in [0.4, 0.5) is 11.4 Å². The second-order valence-electron chi connectivity index (χ2n) is 8.00. The van der Waals surface area contributed by atoms with Crippen LogP contribution in [0, 0.1) is 20.2 Å². The minimum atomic E-state index is -0.463. The molecule has 1 fully saturated rings. The van der Waals surface area contributed by atoms with Gasteiger partial charge in [0.15, 0.2) is 5.78 Å². The molecule has 1 aliphatic heterocycles. The van der Waals surface area contributed by atoms with Crippen LogP contribution < -0.4 is 0 Å². The van der Waals surface area contributed by atoms with Crippen LogP contribution in [0.2, 0.25) is 0 Å². The van der Waals surface area contributed by atoms with Gasteiger partial charge in [0.2, 0.25) is 0 Å². The lowest BCUT2D eigenvalue weighted by Gasteiger charge is -2.30. The van der Waals surface area contributed by atoms with Crippen LogP contribution in [0.5, 0.6) is 0 Å². The van der Waals surface area contributed by atoms with Crippen LogP contribution >= 0.6 is 0 Å². The Balaban J connectivity index is 1.66. The lowest BCUT2D eigenvalue weighted by Crippen LogP contribution is -2.37. The maximum absolute atomic E-state index is 13.3. The maximum Gasteiger partial charge on any atom is 0.269 e. The molecule has 1 saturated heterocycles. The van der Waals surface area contributed by atoms with Crippen molar-refractivity contribution in [2.45, 2.75) is 6.54 Å². The third-order valence-corrected chi connectivity index (χ3v) is 5.51. The third-order valence-electron chi connectivity index (χ3n) is 5.51. The lowest BCUT2D eigenvalue weighted by molar-refractivity contribution is -0.385. The molecule has 3 aromatic rings. The molecule has 8 nitrogen and oxygen atoms in total. The monoisotopic (exact) mass is 455 g/mol. The van der Waals surface area contributed by atoms with Crippen molar-refractivity contribution in [2.24, 2.45) is 0 Å². The average Bonchev–Trinajstić information content (AvgIpc) is 2.83. The molecule has 1 aliphatic rings. The highest BCUT2D eigenvalue weighted by molar-refractivity contribution is 6.14. The first-order valence-corrected chi connectivity index (χ1v) is 10.6. The van der Waals surface area contributed by atoms with Crippen molar-refractivity contribution in [1.82, 2.24) is 4.90 Å². The minimum Gasteiger partial charge on any atom is -0.290 e. The Morgan fingerprint density at radius 3 is 1.56 bits per heavy atom. The van der Waals surface area contributed by atoms with E-state index in [4.69, 9.17) is 0 Å². The van der Waals surface area contributed by atoms with Gasteiger partial charge in [-0.2, -0.15) is 0 Å². The molecular formula is C26H21N3O5. The number of rotatable bonds is 6. The summed E-state index contributed by atoms with van der Waals surface area (Å²) in [6.45, 7) is 1.51. The average molecular weight is 455 g/mol. The van der Waals surface area contributed by atoms with Crippen molar-refractivity contribution in [3.8, 4) is 0 Å². The van der Waals surface area contributed by atoms with Crippen molar-refractivity contribution in [3.05, 3.63) is 127 Å². The first-order chi connectivity index (χ1) is 16.4. The molecule has 0 N–H and O–H groups in total. The molecule has 0 aromatic heterocycles. The number of nitro benzene ring substituents is 2. The van der Waals surface area contributed by atoms with E-state index in [2.05, 4.69) is 4.90 Å². The van der Waals surface area contributed by atoms with Gasteiger partial charge in [0.1, 0.15) is 0 Å². The molecule has 0 amide bonds. The molecule has 0 spiro atoms. The molecule has 0 saturated carbocycles. The Morgan fingerprint density at radius 2 is 1.15 bits per heavy atom. The van der Waals surface area contributed by atoms with E-state index < -0.39 is 9.85 Å². The zero-order valence-electron chi connectivity index (χ0n) is 18.2. The van der Waals surface area contributed by atoms with Crippen LogP contribution in [0.25, 0.3) is 12.2 Å². The zero-order chi connectivity index (χ0) is 24.1. The van der Waals surface area contributed by atoms with Gasteiger partial charge >= 0.3 is 0 Å². The van der Waals surface area contributed by atoms with E-state index in [1.165, 1.54) is 24.3 Å². The molecule has 0 radical (unpaired) electrons. The summed E-state index contributed by atoms with van der Waals surface area (Å²) < 4.78 is 0. The van der Waals surface area contributed by atoms with Gasteiger partial charge in [-0.05, 0) is 53.1 Å². The third kappa shape index (κ3) is 5.48. The summed E-state index contributed by atoms with van der Waals surface area (Å²) >= 11 is 0. The highest BCUT2D eigenvalue weighted by Crippen LogP contribution is 2.25. The number of nitrogens with zero attached hydrogens (tertiary/aromatic N) is 3. The van der Waals surface area contributed by atoms with Gasteiger partial charge in [0, 0.05) is 55.0 Å².